The van der Waals surface area contributed by atoms with Crippen LogP contribution in [0.25, 0.3) is 0 Å². The molecule has 0 aliphatic carbocycles. The van der Waals surface area contributed by atoms with Crippen LogP contribution in [0, 0.1) is 0 Å². The molecule has 1 N–H and O–H groups in total. The zero-order chi connectivity index (χ0) is 19.2. The van der Waals surface area contributed by atoms with Crippen molar-refractivity contribution in [2.45, 2.75) is 38.1 Å². The van der Waals surface area contributed by atoms with Gasteiger partial charge in [0.05, 0.1) is 4.90 Å². The van der Waals surface area contributed by atoms with Gasteiger partial charge in [0.2, 0.25) is 15.9 Å². The van der Waals surface area contributed by atoms with Crippen molar-refractivity contribution < 1.29 is 13.2 Å². The molecule has 2 rings (SSSR count). The molecule has 0 aromatic heterocycles. The average molecular weight is 375 g/mol. The molecule has 0 fully saturated rings. The highest BCUT2D eigenvalue weighted by molar-refractivity contribution is 7.89. The quantitative estimate of drug-likeness (QED) is 0.772. The maximum atomic E-state index is 12.4. The van der Waals surface area contributed by atoms with Crippen molar-refractivity contribution in [1.29, 1.82) is 0 Å². The van der Waals surface area contributed by atoms with Crippen LogP contribution in [0.1, 0.15) is 37.8 Å². The minimum atomic E-state index is -3.58. The third-order valence-electron chi connectivity index (χ3n) is 4.19. The molecule has 0 radical (unpaired) electrons. The lowest BCUT2D eigenvalue weighted by Crippen LogP contribution is -2.37. The SMILES string of the molecule is CC(=O)N(CCNS(=O)(=O)c1ccc(C(C)C)cc1)Cc1ccccc1. The first-order chi connectivity index (χ1) is 12.3. The highest BCUT2D eigenvalue weighted by atomic mass is 32.2. The van der Waals surface area contributed by atoms with Crippen LogP contribution >= 0.6 is 0 Å². The van der Waals surface area contributed by atoms with E-state index in [9.17, 15) is 13.2 Å². The number of nitrogens with zero attached hydrogens (tertiary/aromatic N) is 1. The maximum Gasteiger partial charge on any atom is 0.240 e. The number of benzene rings is 2. The van der Waals surface area contributed by atoms with Crippen molar-refractivity contribution >= 4 is 15.9 Å². The van der Waals surface area contributed by atoms with Crippen molar-refractivity contribution in [3.05, 3.63) is 65.7 Å². The minimum absolute atomic E-state index is 0.0886. The van der Waals surface area contributed by atoms with Crippen LogP contribution in [0.15, 0.2) is 59.5 Å². The molecular weight excluding hydrogens is 348 g/mol. The van der Waals surface area contributed by atoms with E-state index in [-0.39, 0.29) is 17.3 Å². The first-order valence-electron chi connectivity index (χ1n) is 8.68. The molecule has 0 saturated heterocycles. The van der Waals surface area contributed by atoms with Crippen molar-refractivity contribution in [2.24, 2.45) is 0 Å². The van der Waals surface area contributed by atoms with Gasteiger partial charge >= 0.3 is 0 Å². The third kappa shape index (κ3) is 5.68. The normalized spacial score (nSPS) is 11.5. The molecule has 0 aliphatic rings. The number of carbonyl (C=O) groups is 1. The van der Waals surface area contributed by atoms with Crippen molar-refractivity contribution in [2.75, 3.05) is 13.1 Å². The fourth-order valence-electron chi connectivity index (χ4n) is 2.58. The number of hydrogen-bond donors (Lipinski definition) is 1. The molecule has 2 aromatic rings. The van der Waals surface area contributed by atoms with Crippen LogP contribution in [-0.4, -0.2) is 32.3 Å². The number of amides is 1. The molecule has 0 spiro atoms. The summed E-state index contributed by atoms with van der Waals surface area (Å²) in [5.41, 5.74) is 2.10. The molecule has 0 saturated carbocycles. The summed E-state index contributed by atoms with van der Waals surface area (Å²) in [7, 11) is -3.58. The summed E-state index contributed by atoms with van der Waals surface area (Å²) in [6.45, 7) is 6.55. The van der Waals surface area contributed by atoms with Gasteiger partial charge in [-0.05, 0) is 29.2 Å². The molecule has 0 bridgehead atoms. The second kappa shape index (κ2) is 8.96. The highest BCUT2D eigenvalue weighted by Crippen LogP contribution is 2.17. The Morgan fingerprint density at radius 1 is 1.04 bits per heavy atom. The van der Waals surface area contributed by atoms with Gasteiger partial charge < -0.3 is 4.90 Å². The summed E-state index contributed by atoms with van der Waals surface area (Å²) in [6.07, 6.45) is 0. The van der Waals surface area contributed by atoms with Crippen LogP contribution in [0.5, 0.6) is 0 Å². The minimum Gasteiger partial charge on any atom is -0.337 e. The summed E-state index contributed by atoms with van der Waals surface area (Å²) in [6, 6.07) is 16.5. The Bertz CT molecular complexity index is 816. The number of nitrogens with one attached hydrogen (secondary N) is 1. The van der Waals surface area contributed by atoms with Gasteiger partial charge in [-0.3, -0.25) is 4.79 Å². The largest absolute Gasteiger partial charge is 0.337 e. The zero-order valence-corrected chi connectivity index (χ0v) is 16.3. The summed E-state index contributed by atoms with van der Waals surface area (Å²) < 4.78 is 27.4. The van der Waals surface area contributed by atoms with Crippen LogP contribution in [0.4, 0.5) is 0 Å². The fraction of sp³-hybridized carbons (Fsp3) is 0.350. The lowest BCUT2D eigenvalue weighted by atomic mass is 10.0. The molecule has 0 atom stereocenters. The molecule has 26 heavy (non-hydrogen) atoms. The van der Waals surface area contributed by atoms with Crippen LogP contribution < -0.4 is 4.72 Å². The number of rotatable bonds is 8. The summed E-state index contributed by atoms with van der Waals surface area (Å²) in [4.78, 5) is 13.7. The molecule has 2 aromatic carbocycles. The summed E-state index contributed by atoms with van der Waals surface area (Å²) in [5, 5.41) is 0. The highest BCUT2D eigenvalue weighted by Gasteiger charge is 2.15. The van der Waals surface area contributed by atoms with E-state index in [1.807, 2.05) is 42.5 Å². The van der Waals surface area contributed by atoms with E-state index in [4.69, 9.17) is 0 Å². The number of carbonyl (C=O) groups excluding carboxylic acids is 1. The Balaban J connectivity index is 1.96. The van der Waals surface area contributed by atoms with E-state index < -0.39 is 10.0 Å². The van der Waals surface area contributed by atoms with Crippen molar-refractivity contribution in [1.82, 2.24) is 9.62 Å². The first kappa shape index (κ1) is 20.1. The molecule has 0 heterocycles. The summed E-state index contributed by atoms with van der Waals surface area (Å²) in [5.74, 6) is 0.260. The van der Waals surface area contributed by atoms with Gasteiger partial charge in [-0.25, -0.2) is 13.1 Å². The third-order valence-corrected chi connectivity index (χ3v) is 5.67. The Hall–Kier alpha value is -2.18. The average Bonchev–Trinajstić information content (AvgIpc) is 2.61. The monoisotopic (exact) mass is 374 g/mol. The Morgan fingerprint density at radius 3 is 2.19 bits per heavy atom. The molecule has 6 heteroatoms. The van der Waals surface area contributed by atoms with E-state index in [0.717, 1.165) is 11.1 Å². The lowest BCUT2D eigenvalue weighted by Gasteiger charge is -2.21. The van der Waals surface area contributed by atoms with Crippen molar-refractivity contribution in [3.8, 4) is 0 Å². The Morgan fingerprint density at radius 2 is 1.65 bits per heavy atom. The molecule has 0 aliphatic heterocycles. The van der Waals surface area contributed by atoms with Crippen LogP contribution in [0.3, 0.4) is 0 Å². The zero-order valence-electron chi connectivity index (χ0n) is 15.5. The van der Waals surface area contributed by atoms with Gasteiger partial charge in [0.25, 0.3) is 0 Å². The van der Waals surface area contributed by atoms with E-state index in [0.29, 0.717) is 19.0 Å². The van der Waals surface area contributed by atoms with Gasteiger partial charge in [-0.1, -0.05) is 56.3 Å². The number of hydrogen-bond acceptors (Lipinski definition) is 3. The predicted molar refractivity (Wildman–Crippen MR) is 103 cm³/mol. The van der Waals surface area contributed by atoms with Crippen LogP contribution in [-0.2, 0) is 21.4 Å². The van der Waals surface area contributed by atoms with E-state index in [1.165, 1.54) is 6.92 Å². The molecule has 5 nitrogen and oxygen atoms in total. The maximum absolute atomic E-state index is 12.4. The van der Waals surface area contributed by atoms with Crippen LogP contribution in [0.2, 0.25) is 0 Å². The van der Waals surface area contributed by atoms with E-state index in [1.54, 1.807) is 17.0 Å². The smallest absolute Gasteiger partial charge is 0.240 e. The lowest BCUT2D eigenvalue weighted by molar-refractivity contribution is -0.129. The van der Waals surface area contributed by atoms with Gasteiger partial charge in [0, 0.05) is 26.6 Å². The summed E-state index contributed by atoms with van der Waals surface area (Å²) >= 11 is 0. The van der Waals surface area contributed by atoms with Gasteiger partial charge in [-0.15, -0.1) is 0 Å². The van der Waals surface area contributed by atoms with E-state index in [2.05, 4.69) is 18.6 Å². The van der Waals surface area contributed by atoms with Gasteiger partial charge in [0.15, 0.2) is 0 Å². The standard InChI is InChI=1S/C20H26N2O3S/c1-16(2)19-9-11-20(12-10-19)26(24,25)21-13-14-22(17(3)23)15-18-7-5-4-6-8-18/h4-12,16,21H,13-15H2,1-3H3. The van der Waals surface area contributed by atoms with Crippen molar-refractivity contribution in [3.63, 3.8) is 0 Å². The predicted octanol–water partition coefficient (Wildman–Crippen LogP) is 3.14. The number of sulfonamides is 1. The second-order valence-electron chi connectivity index (χ2n) is 6.55. The fourth-order valence-corrected chi connectivity index (χ4v) is 3.60. The Kier molecular flexibility index (Phi) is 6.94. The molecule has 140 valence electrons. The molecule has 0 unspecified atom stereocenters. The van der Waals surface area contributed by atoms with Gasteiger partial charge in [-0.2, -0.15) is 0 Å². The van der Waals surface area contributed by atoms with Gasteiger partial charge in [0.1, 0.15) is 0 Å². The second-order valence-corrected chi connectivity index (χ2v) is 8.31. The Labute approximate surface area is 156 Å². The topological polar surface area (TPSA) is 66.5 Å². The molecule has 1 amide bonds. The van der Waals surface area contributed by atoms with E-state index >= 15 is 0 Å². The first-order valence-corrected chi connectivity index (χ1v) is 10.2. The molecular formula is C20H26N2O3S.